The number of rotatable bonds is 6. The minimum atomic E-state index is -3.63. The van der Waals surface area contributed by atoms with E-state index < -0.39 is 16.0 Å². The smallest absolute Gasteiger partial charge is 0.304 e. The number of nitrogens with one attached hydrogen (secondary N) is 1. The van der Waals surface area contributed by atoms with Crippen LogP contribution in [-0.4, -0.2) is 31.2 Å². The molecule has 0 unspecified atom stereocenters. The molecule has 0 saturated heterocycles. The Labute approximate surface area is 109 Å². The largest absolute Gasteiger partial charge is 0.481 e. The number of nitrogens with zero attached hydrogens (tertiary/aromatic N) is 1. The van der Waals surface area contributed by atoms with E-state index in [9.17, 15) is 13.2 Å². The number of benzene rings is 1. The number of para-hydroxylation sites is 1. The van der Waals surface area contributed by atoms with Crippen LogP contribution in [0.3, 0.4) is 0 Å². The predicted octanol–water partition coefficient (Wildman–Crippen LogP) is 0.722. The molecule has 1 aromatic carbocycles. The monoisotopic (exact) mass is 284 g/mol. The normalized spacial score (nSPS) is 11.8. The quantitative estimate of drug-likeness (QED) is 0.809. The Morgan fingerprint density at radius 3 is 2.84 bits per heavy atom. The molecule has 0 bridgehead atoms. The van der Waals surface area contributed by atoms with E-state index in [0.29, 0.717) is 16.7 Å². The second kappa shape index (κ2) is 5.37. The van der Waals surface area contributed by atoms with Gasteiger partial charge in [0.1, 0.15) is 11.4 Å². The highest BCUT2D eigenvalue weighted by molar-refractivity contribution is 7.88. The summed E-state index contributed by atoms with van der Waals surface area (Å²) in [6.45, 7) is -0.145. The zero-order valence-electron chi connectivity index (χ0n) is 9.87. The van der Waals surface area contributed by atoms with E-state index in [1.165, 1.54) is 0 Å². The van der Waals surface area contributed by atoms with Crippen molar-refractivity contribution in [2.45, 2.75) is 12.2 Å². The second-order valence-corrected chi connectivity index (χ2v) is 5.73. The van der Waals surface area contributed by atoms with Gasteiger partial charge in [0.05, 0.1) is 6.42 Å². The highest BCUT2D eigenvalue weighted by Crippen LogP contribution is 2.19. The number of sulfonamides is 1. The molecule has 7 nitrogen and oxygen atoms in total. The molecule has 1 heterocycles. The van der Waals surface area contributed by atoms with Crippen molar-refractivity contribution < 1.29 is 22.8 Å². The number of hydrogen-bond acceptors (Lipinski definition) is 5. The Hall–Kier alpha value is -1.93. The molecule has 0 fully saturated rings. The average Bonchev–Trinajstić information content (AvgIpc) is 2.71. The van der Waals surface area contributed by atoms with Crippen LogP contribution in [0, 0.1) is 0 Å². The maximum absolute atomic E-state index is 11.7. The van der Waals surface area contributed by atoms with Gasteiger partial charge in [-0.25, -0.2) is 13.1 Å². The van der Waals surface area contributed by atoms with E-state index in [1.807, 2.05) is 0 Å². The first-order valence-corrected chi connectivity index (χ1v) is 7.15. The summed E-state index contributed by atoms with van der Waals surface area (Å²) in [4.78, 5) is 10.3. The number of fused-ring (bicyclic) bond motifs is 1. The molecule has 19 heavy (non-hydrogen) atoms. The van der Waals surface area contributed by atoms with Crippen molar-refractivity contribution in [3.8, 4) is 0 Å². The van der Waals surface area contributed by atoms with Crippen molar-refractivity contribution in [2.75, 3.05) is 6.54 Å². The van der Waals surface area contributed by atoms with E-state index in [4.69, 9.17) is 9.63 Å². The maximum atomic E-state index is 11.7. The van der Waals surface area contributed by atoms with Gasteiger partial charge in [0.15, 0.2) is 5.58 Å². The van der Waals surface area contributed by atoms with E-state index in [2.05, 4.69) is 9.88 Å². The van der Waals surface area contributed by atoms with Gasteiger partial charge in [-0.15, -0.1) is 0 Å². The van der Waals surface area contributed by atoms with Crippen molar-refractivity contribution in [3.63, 3.8) is 0 Å². The van der Waals surface area contributed by atoms with Crippen LogP contribution in [0.25, 0.3) is 11.0 Å². The Morgan fingerprint density at radius 2 is 2.11 bits per heavy atom. The van der Waals surface area contributed by atoms with Gasteiger partial charge in [0.2, 0.25) is 10.0 Å². The van der Waals surface area contributed by atoms with Gasteiger partial charge in [-0.2, -0.15) is 0 Å². The molecule has 0 aliphatic rings. The first kappa shape index (κ1) is 13.5. The van der Waals surface area contributed by atoms with Crippen LogP contribution in [0.2, 0.25) is 0 Å². The lowest BCUT2D eigenvalue weighted by atomic mass is 10.2. The zero-order valence-corrected chi connectivity index (χ0v) is 10.7. The summed E-state index contributed by atoms with van der Waals surface area (Å²) >= 11 is 0. The van der Waals surface area contributed by atoms with Crippen LogP contribution in [0.4, 0.5) is 0 Å². The molecule has 0 atom stereocenters. The fourth-order valence-electron chi connectivity index (χ4n) is 1.59. The van der Waals surface area contributed by atoms with Crippen molar-refractivity contribution in [1.29, 1.82) is 0 Å². The van der Waals surface area contributed by atoms with Gasteiger partial charge in [0, 0.05) is 11.9 Å². The lowest BCUT2D eigenvalue weighted by molar-refractivity contribution is -0.136. The molecule has 102 valence electrons. The number of carboxylic acids is 1. The summed E-state index contributed by atoms with van der Waals surface area (Å²) in [5.41, 5.74) is 0.816. The number of aliphatic carboxylic acids is 1. The summed E-state index contributed by atoms with van der Waals surface area (Å²) in [5.74, 6) is -1.40. The molecular weight excluding hydrogens is 272 g/mol. The molecule has 2 N–H and O–H groups in total. The second-order valence-electron chi connectivity index (χ2n) is 3.92. The summed E-state index contributed by atoms with van der Waals surface area (Å²) in [5, 5.41) is 12.8. The molecule has 0 spiro atoms. The molecule has 2 aromatic rings. The van der Waals surface area contributed by atoms with Gasteiger partial charge in [-0.3, -0.25) is 4.79 Å². The average molecular weight is 284 g/mol. The molecule has 0 aliphatic heterocycles. The van der Waals surface area contributed by atoms with Crippen LogP contribution >= 0.6 is 0 Å². The summed E-state index contributed by atoms with van der Waals surface area (Å²) in [6.07, 6.45) is -0.265. The van der Waals surface area contributed by atoms with Gasteiger partial charge in [-0.05, 0) is 12.1 Å². The van der Waals surface area contributed by atoms with Crippen LogP contribution in [0.15, 0.2) is 28.8 Å². The molecule has 0 saturated carbocycles. The van der Waals surface area contributed by atoms with Crippen LogP contribution in [0.5, 0.6) is 0 Å². The molecule has 8 heteroatoms. The third-order valence-electron chi connectivity index (χ3n) is 2.44. The van der Waals surface area contributed by atoms with E-state index >= 15 is 0 Å². The Morgan fingerprint density at radius 1 is 1.37 bits per heavy atom. The minimum absolute atomic E-state index is 0.145. The van der Waals surface area contributed by atoms with Crippen molar-refractivity contribution >= 4 is 27.0 Å². The van der Waals surface area contributed by atoms with Crippen molar-refractivity contribution in [2.24, 2.45) is 0 Å². The molecular formula is C11H12N2O5S. The Kier molecular flexibility index (Phi) is 3.82. The molecule has 0 aliphatic carbocycles. The zero-order chi connectivity index (χ0) is 13.9. The highest BCUT2D eigenvalue weighted by Gasteiger charge is 2.17. The van der Waals surface area contributed by atoms with Gasteiger partial charge >= 0.3 is 5.97 Å². The first-order valence-electron chi connectivity index (χ1n) is 5.50. The number of hydrogen-bond donors (Lipinski definition) is 2. The number of aromatic nitrogens is 1. The lowest BCUT2D eigenvalue weighted by Gasteiger charge is -2.03. The van der Waals surface area contributed by atoms with Crippen molar-refractivity contribution in [3.05, 3.63) is 30.0 Å². The first-order chi connectivity index (χ1) is 8.98. The van der Waals surface area contributed by atoms with Gasteiger partial charge in [-0.1, -0.05) is 17.3 Å². The van der Waals surface area contributed by atoms with Gasteiger partial charge < -0.3 is 9.63 Å². The van der Waals surface area contributed by atoms with E-state index in [1.54, 1.807) is 24.3 Å². The fraction of sp³-hybridized carbons (Fsp3) is 0.273. The predicted molar refractivity (Wildman–Crippen MR) is 66.9 cm³/mol. The molecule has 2 rings (SSSR count). The standard InChI is InChI=1S/C11H12N2O5S/c14-11(15)5-6-12-19(16,17)7-9-8-3-1-2-4-10(8)18-13-9/h1-4,12H,5-7H2,(H,14,15). The number of carboxylic acid groups (broad SMARTS) is 1. The Balaban J connectivity index is 2.09. The van der Waals surface area contributed by atoms with Gasteiger partial charge in [0.25, 0.3) is 0 Å². The summed E-state index contributed by atoms with van der Waals surface area (Å²) in [6, 6.07) is 6.93. The fourth-order valence-corrected chi connectivity index (χ4v) is 2.67. The molecule has 1 aromatic heterocycles. The third-order valence-corrected chi connectivity index (χ3v) is 3.74. The lowest BCUT2D eigenvalue weighted by Crippen LogP contribution is -2.27. The summed E-state index contributed by atoms with van der Waals surface area (Å²) in [7, 11) is -3.63. The van der Waals surface area contributed by atoms with Crippen molar-refractivity contribution in [1.82, 2.24) is 9.88 Å². The SMILES string of the molecule is O=C(O)CCNS(=O)(=O)Cc1noc2ccccc12. The van der Waals surface area contributed by atoms with Crippen LogP contribution < -0.4 is 4.72 Å². The molecule has 0 amide bonds. The minimum Gasteiger partial charge on any atom is -0.481 e. The third kappa shape index (κ3) is 3.52. The molecule has 0 radical (unpaired) electrons. The number of carbonyl (C=O) groups is 1. The van der Waals surface area contributed by atoms with E-state index in [-0.39, 0.29) is 18.7 Å². The topological polar surface area (TPSA) is 110 Å². The maximum Gasteiger partial charge on any atom is 0.304 e. The highest BCUT2D eigenvalue weighted by atomic mass is 32.2. The van der Waals surface area contributed by atoms with E-state index in [0.717, 1.165) is 0 Å². The van der Waals surface area contributed by atoms with Crippen LogP contribution in [-0.2, 0) is 20.6 Å². The van der Waals surface area contributed by atoms with Crippen LogP contribution in [0.1, 0.15) is 12.1 Å². The Bertz CT molecular complexity index is 692. The summed E-state index contributed by atoms with van der Waals surface area (Å²) < 4.78 is 30.7.